The van der Waals surface area contributed by atoms with Crippen LogP contribution in [0, 0.1) is 0 Å². The zero-order valence-electron chi connectivity index (χ0n) is 11.8. The maximum absolute atomic E-state index is 3.97. The van der Waals surface area contributed by atoms with Crippen LogP contribution in [0.2, 0.25) is 0 Å². The van der Waals surface area contributed by atoms with E-state index in [-0.39, 0.29) is 14.9 Å². The van der Waals surface area contributed by atoms with Crippen LogP contribution in [0.4, 0.5) is 0 Å². The fourth-order valence-electron chi connectivity index (χ4n) is 1.01. The molecule has 0 aromatic carbocycles. The minimum absolute atomic E-state index is 0. The molecular formula is C19H34. The fourth-order valence-corrected chi connectivity index (χ4v) is 1.01. The van der Waals surface area contributed by atoms with Crippen LogP contribution >= 0.6 is 0 Å². The molecule has 0 amide bonds. The van der Waals surface area contributed by atoms with Gasteiger partial charge in [0.2, 0.25) is 0 Å². The van der Waals surface area contributed by atoms with Crippen LogP contribution in [0.1, 0.15) is 49.0 Å². The van der Waals surface area contributed by atoms with E-state index in [1.807, 2.05) is 57.2 Å². The minimum Gasteiger partial charge on any atom is -0.0988 e. The highest BCUT2D eigenvalue weighted by Gasteiger charge is 1.93. The lowest BCUT2D eigenvalue weighted by atomic mass is 10.0. The number of hydrogen-bond acceptors (Lipinski definition) is 0. The molecule has 0 nitrogen and oxygen atoms in total. The van der Waals surface area contributed by atoms with Gasteiger partial charge in [-0.05, 0) is 30.1 Å². The van der Waals surface area contributed by atoms with Crippen LogP contribution in [0.3, 0.4) is 0 Å². The van der Waals surface area contributed by atoms with E-state index in [0.717, 1.165) is 17.6 Å². The minimum atomic E-state index is 0. The SMILES string of the molecule is C.C.C=C/C(=C\C(=C)C(=C)/C=C\C=C/C)CC.CC. The molecule has 19 heavy (non-hydrogen) atoms. The molecule has 110 valence electrons. The summed E-state index contributed by atoms with van der Waals surface area (Å²) in [7, 11) is 0. The molecular weight excluding hydrogens is 228 g/mol. The van der Waals surface area contributed by atoms with E-state index in [9.17, 15) is 0 Å². The Kier molecular flexibility index (Phi) is 25.8. The molecule has 0 rings (SSSR count). The van der Waals surface area contributed by atoms with Crippen molar-refractivity contribution in [2.45, 2.75) is 49.0 Å². The molecule has 0 unspecified atom stereocenters. The van der Waals surface area contributed by atoms with Gasteiger partial charge in [-0.3, -0.25) is 0 Å². The van der Waals surface area contributed by atoms with Gasteiger partial charge >= 0.3 is 0 Å². The highest BCUT2D eigenvalue weighted by Crippen LogP contribution is 2.13. The van der Waals surface area contributed by atoms with Gasteiger partial charge < -0.3 is 0 Å². The van der Waals surface area contributed by atoms with Gasteiger partial charge in [0.05, 0.1) is 0 Å². The number of hydrogen-bond donors (Lipinski definition) is 0. The Bertz CT molecular complexity index is 322. The van der Waals surface area contributed by atoms with E-state index in [1.54, 1.807) is 0 Å². The van der Waals surface area contributed by atoms with Gasteiger partial charge in [0.1, 0.15) is 0 Å². The van der Waals surface area contributed by atoms with E-state index in [2.05, 4.69) is 26.7 Å². The first kappa shape index (κ1) is 26.1. The Morgan fingerprint density at radius 3 is 1.89 bits per heavy atom. The van der Waals surface area contributed by atoms with Crippen molar-refractivity contribution in [2.24, 2.45) is 0 Å². The Labute approximate surface area is 122 Å². The summed E-state index contributed by atoms with van der Waals surface area (Å²) in [4.78, 5) is 0. The Morgan fingerprint density at radius 1 is 1.00 bits per heavy atom. The molecule has 0 saturated carbocycles. The van der Waals surface area contributed by atoms with Crippen LogP contribution in [0.25, 0.3) is 0 Å². The first-order valence-corrected chi connectivity index (χ1v) is 6.16. The predicted octanol–water partition coefficient (Wildman–Crippen LogP) is 7.05. The summed E-state index contributed by atoms with van der Waals surface area (Å²) >= 11 is 0. The first-order valence-electron chi connectivity index (χ1n) is 6.16. The summed E-state index contributed by atoms with van der Waals surface area (Å²) in [6.45, 7) is 19.7. The third-order valence-corrected chi connectivity index (χ3v) is 2.04. The van der Waals surface area contributed by atoms with Crippen LogP contribution in [0.5, 0.6) is 0 Å². The molecule has 0 radical (unpaired) electrons. The summed E-state index contributed by atoms with van der Waals surface area (Å²) in [6, 6.07) is 0. The second-order valence-corrected chi connectivity index (χ2v) is 3.21. The van der Waals surface area contributed by atoms with Crippen LogP contribution in [0.15, 0.2) is 72.9 Å². The monoisotopic (exact) mass is 262 g/mol. The third-order valence-electron chi connectivity index (χ3n) is 2.04. The zero-order valence-corrected chi connectivity index (χ0v) is 11.8. The molecule has 0 saturated heterocycles. The van der Waals surface area contributed by atoms with Crippen molar-refractivity contribution in [2.75, 3.05) is 0 Å². The fraction of sp³-hybridized carbons (Fsp3) is 0.368. The van der Waals surface area contributed by atoms with Gasteiger partial charge in [0.25, 0.3) is 0 Å². The average Bonchev–Trinajstić information content (AvgIpc) is 2.38. The van der Waals surface area contributed by atoms with E-state index in [0.29, 0.717) is 0 Å². The quantitative estimate of drug-likeness (QED) is 0.450. The van der Waals surface area contributed by atoms with E-state index in [1.165, 1.54) is 5.57 Å². The molecule has 0 atom stereocenters. The Hall–Kier alpha value is -1.56. The van der Waals surface area contributed by atoms with Gasteiger partial charge in [-0.2, -0.15) is 0 Å². The third kappa shape index (κ3) is 14.4. The lowest BCUT2D eigenvalue weighted by Gasteiger charge is -2.01. The zero-order chi connectivity index (χ0) is 13.7. The maximum atomic E-state index is 3.97. The van der Waals surface area contributed by atoms with Crippen molar-refractivity contribution in [3.63, 3.8) is 0 Å². The highest BCUT2D eigenvalue weighted by atomic mass is 14.0. The van der Waals surface area contributed by atoms with Crippen molar-refractivity contribution in [1.82, 2.24) is 0 Å². The van der Waals surface area contributed by atoms with Gasteiger partial charge in [-0.1, -0.05) is 91.8 Å². The maximum Gasteiger partial charge on any atom is -0.0259 e. The molecule has 0 aromatic heterocycles. The molecule has 0 aromatic rings. The summed E-state index contributed by atoms with van der Waals surface area (Å²) in [5.74, 6) is 0. The second-order valence-electron chi connectivity index (χ2n) is 3.21. The van der Waals surface area contributed by atoms with Crippen LogP contribution in [-0.4, -0.2) is 0 Å². The summed E-state index contributed by atoms with van der Waals surface area (Å²) in [5.41, 5.74) is 3.05. The molecule has 0 bridgehead atoms. The molecule has 0 heterocycles. The molecule has 0 aliphatic heterocycles. The van der Waals surface area contributed by atoms with Gasteiger partial charge in [0.15, 0.2) is 0 Å². The smallest absolute Gasteiger partial charge is 0.0259 e. The Balaban J connectivity index is -0.000000267. The Morgan fingerprint density at radius 2 is 1.53 bits per heavy atom. The summed E-state index contributed by atoms with van der Waals surface area (Å²) in [5, 5.41) is 0. The second kappa shape index (κ2) is 18.8. The van der Waals surface area contributed by atoms with Crippen molar-refractivity contribution >= 4 is 0 Å². The van der Waals surface area contributed by atoms with Crippen molar-refractivity contribution < 1.29 is 0 Å². The summed E-state index contributed by atoms with van der Waals surface area (Å²) in [6.07, 6.45) is 12.7. The number of allylic oxidation sites excluding steroid dienone is 9. The largest absolute Gasteiger partial charge is 0.0988 e. The first-order chi connectivity index (χ1) is 8.15. The average molecular weight is 262 g/mol. The van der Waals surface area contributed by atoms with E-state index < -0.39 is 0 Å². The van der Waals surface area contributed by atoms with Gasteiger partial charge in [0, 0.05) is 0 Å². The molecule has 0 heteroatoms. The van der Waals surface area contributed by atoms with E-state index >= 15 is 0 Å². The standard InChI is InChI=1S/C15H20.C2H6.2CH4/c1-6-9-10-11-13(4)14(5)12-15(7-2)8-3;1-2;;/h6-7,9-12H,2,4-5,8H2,1,3H3;1-2H3;2*1H4/b9-6-,11-10-,15-12+;;;. The highest BCUT2D eigenvalue weighted by molar-refractivity contribution is 5.45. The number of rotatable bonds is 6. The normalized spacial score (nSPS) is 10.0. The van der Waals surface area contributed by atoms with Crippen molar-refractivity contribution in [3.8, 4) is 0 Å². The van der Waals surface area contributed by atoms with Crippen LogP contribution < -0.4 is 0 Å². The topological polar surface area (TPSA) is 0 Å². The lowest BCUT2D eigenvalue weighted by Crippen LogP contribution is -1.81. The molecule has 0 fully saturated rings. The summed E-state index contributed by atoms with van der Waals surface area (Å²) < 4.78 is 0. The molecule has 0 spiro atoms. The van der Waals surface area contributed by atoms with Gasteiger partial charge in [-0.25, -0.2) is 0 Å². The molecule has 0 N–H and O–H groups in total. The van der Waals surface area contributed by atoms with Crippen molar-refractivity contribution in [1.29, 1.82) is 0 Å². The lowest BCUT2D eigenvalue weighted by molar-refractivity contribution is 1.15. The van der Waals surface area contributed by atoms with Gasteiger partial charge in [-0.15, -0.1) is 0 Å². The molecule has 0 aliphatic rings. The predicted molar refractivity (Wildman–Crippen MR) is 95.6 cm³/mol. The molecule has 0 aliphatic carbocycles. The van der Waals surface area contributed by atoms with Crippen LogP contribution in [-0.2, 0) is 0 Å². The van der Waals surface area contributed by atoms with Crippen molar-refractivity contribution in [3.05, 3.63) is 72.9 Å². The van der Waals surface area contributed by atoms with E-state index in [4.69, 9.17) is 0 Å².